The van der Waals surface area contributed by atoms with Crippen LogP contribution in [0.5, 0.6) is 5.75 Å². The van der Waals surface area contributed by atoms with Crippen LogP contribution in [-0.2, 0) is 4.79 Å². The van der Waals surface area contributed by atoms with Crippen molar-refractivity contribution in [2.75, 3.05) is 19.7 Å². The Morgan fingerprint density at radius 1 is 1.13 bits per heavy atom. The van der Waals surface area contributed by atoms with Crippen molar-refractivity contribution in [1.82, 2.24) is 20.5 Å². The number of amides is 3. The summed E-state index contributed by atoms with van der Waals surface area (Å²) in [6.45, 7) is 2.90. The van der Waals surface area contributed by atoms with Crippen LogP contribution >= 0.6 is 0 Å². The van der Waals surface area contributed by atoms with Crippen LogP contribution in [-0.4, -0.2) is 59.4 Å². The number of benzene rings is 1. The summed E-state index contributed by atoms with van der Waals surface area (Å²) < 4.78 is 5.76. The summed E-state index contributed by atoms with van der Waals surface area (Å²) in [5.41, 5.74) is 1.98. The van der Waals surface area contributed by atoms with Crippen molar-refractivity contribution in [1.29, 1.82) is 0 Å². The SMILES string of the molecule is Cc1ccc2cc1OCCNC(=O)C[C@@H]1CC[C@H](CNC2=O)N1C(=O)c1cc[nH]c1. The zero-order chi connectivity index (χ0) is 21.1. The first kappa shape index (κ1) is 20.0. The number of nitrogens with one attached hydrogen (secondary N) is 3. The van der Waals surface area contributed by atoms with Gasteiger partial charge in [0.05, 0.1) is 12.1 Å². The molecule has 3 heterocycles. The third-order valence-electron chi connectivity index (χ3n) is 5.75. The van der Waals surface area contributed by atoms with Gasteiger partial charge in [-0.1, -0.05) is 6.07 Å². The van der Waals surface area contributed by atoms with E-state index in [4.69, 9.17) is 4.74 Å². The maximum Gasteiger partial charge on any atom is 0.255 e. The smallest absolute Gasteiger partial charge is 0.255 e. The van der Waals surface area contributed by atoms with Gasteiger partial charge >= 0.3 is 0 Å². The maximum absolute atomic E-state index is 13.1. The standard InChI is InChI=1S/C22H26N4O4/c1-14-2-3-15-10-19(14)30-9-8-24-20(27)11-17-4-5-18(13-25-21(15)28)26(17)22(29)16-6-7-23-12-16/h2-3,6-7,10,12,17-18,23H,4-5,8-9,11,13H2,1H3,(H,24,27)(H,25,28)/t17-,18+/m0/s1. The van der Waals surface area contributed by atoms with E-state index >= 15 is 0 Å². The predicted molar refractivity (Wildman–Crippen MR) is 110 cm³/mol. The molecule has 8 nitrogen and oxygen atoms in total. The van der Waals surface area contributed by atoms with Crippen molar-refractivity contribution >= 4 is 17.7 Å². The van der Waals surface area contributed by atoms with Crippen molar-refractivity contribution in [3.05, 3.63) is 53.3 Å². The van der Waals surface area contributed by atoms with Crippen LogP contribution in [0, 0.1) is 6.92 Å². The molecule has 0 spiro atoms. The summed E-state index contributed by atoms with van der Waals surface area (Å²) in [7, 11) is 0. The second-order valence-electron chi connectivity index (χ2n) is 7.79. The molecule has 1 saturated heterocycles. The Bertz CT molecular complexity index is 941. The van der Waals surface area contributed by atoms with Gasteiger partial charge in [-0.15, -0.1) is 0 Å². The molecule has 4 bridgehead atoms. The highest BCUT2D eigenvalue weighted by atomic mass is 16.5. The molecule has 2 aromatic rings. The third-order valence-corrected chi connectivity index (χ3v) is 5.75. The van der Waals surface area contributed by atoms with E-state index in [0.29, 0.717) is 36.6 Å². The van der Waals surface area contributed by atoms with E-state index < -0.39 is 0 Å². The first-order valence-corrected chi connectivity index (χ1v) is 10.3. The first-order valence-electron chi connectivity index (χ1n) is 10.3. The van der Waals surface area contributed by atoms with Crippen molar-refractivity contribution in [3.63, 3.8) is 0 Å². The Morgan fingerprint density at radius 2 is 1.97 bits per heavy atom. The molecule has 4 rings (SSSR count). The number of carbonyl (C=O) groups is 3. The molecule has 158 valence electrons. The lowest BCUT2D eigenvalue weighted by molar-refractivity contribution is -0.122. The molecule has 0 saturated carbocycles. The Hall–Kier alpha value is -3.29. The van der Waals surface area contributed by atoms with E-state index in [0.717, 1.165) is 18.4 Å². The summed E-state index contributed by atoms with van der Waals surface area (Å²) in [5, 5.41) is 5.83. The van der Waals surface area contributed by atoms with Crippen LogP contribution in [0.2, 0.25) is 0 Å². The fraction of sp³-hybridized carbons (Fsp3) is 0.409. The second-order valence-corrected chi connectivity index (χ2v) is 7.79. The summed E-state index contributed by atoms with van der Waals surface area (Å²) in [6, 6.07) is 6.67. The zero-order valence-corrected chi connectivity index (χ0v) is 16.9. The van der Waals surface area contributed by atoms with Gasteiger partial charge in [0.15, 0.2) is 0 Å². The lowest BCUT2D eigenvalue weighted by atomic mass is 10.1. The minimum atomic E-state index is -0.207. The van der Waals surface area contributed by atoms with Gasteiger partial charge in [-0.25, -0.2) is 0 Å². The number of rotatable bonds is 1. The highest BCUT2D eigenvalue weighted by Gasteiger charge is 2.38. The van der Waals surface area contributed by atoms with E-state index in [1.807, 2.05) is 13.0 Å². The first-order chi connectivity index (χ1) is 14.5. The summed E-state index contributed by atoms with van der Waals surface area (Å²) in [4.78, 5) is 43.0. The van der Waals surface area contributed by atoms with Crippen LogP contribution < -0.4 is 15.4 Å². The molecule has 1 fully saturated rings. The number of hydrogen-bond acceptors (Lipinski definition) is 4. The number of H-pyrrole nitrogens is 1. The van der Waals surface area contributed by atoms with Gasteiger partial charge in [0.1, 0.15) is 12.4 Å². The van der Waals surface area contributed by atoms with Crippen LogP contribution in [0.4, 0.5) is 0 Å². The molecule has 0 radical (unpaired) electrons. The third kappa shape index (κ3) is 4.17. The normalized spacial score (nSPS) is 22.4. The van der Waals surface area contributed by atoms with E-state index in [2.05, 4.69) is 15.6 Å². The Morgan fingerprint density at radius 3 is 2.77 bits per heavy atom. The number of aryl methyl sites for hydroxylation is 1. The molecular formula is C22H26N4O4. The second kappa shape index (κ2) is 8.61. The van der Waals surface area contributed by atoms with Gasteiger partial charge in [-0.2, -0.15) is 0 Å². The molecule has 2 atom stereocenters. The van der Waals surface area contributed by atoms with Gasteiger partial charge in [-0.3, -0.25) is 14.4 Å². The molecule has 3 amide bonds. The Kier molecular flexibility index (Phi) is 5.74. The number of aromatic amines is 1. The molecule has 2 aliphatic heterocycles. The van der Waals surface area contributed by atoms with Gasteiger partial charge in [0.25, 0.3) is 11.8 Å². The molecule has 30 heavy (non-hydrogen) atoms. The largest absolute Gasteiger partial charge is 0.491 e. The fourth-order valence-corrected chi connectivity index (χ4v) is 4.15. The highest BCUT2D eigenvalue weighted by molar-refractivity contribution is 5.96. The highest BCUT2D eigenvalue weighted by Crippen LogP contribution is 2.28. The molecule has 0 unspecified atom stereocenters. The summed E-state index contributed by atoms with van der Waals surface area (Å²) in [6.07, 6.45) is 5.03. The molecule has 3 N–H and O–H groups in total. The Labute approximate surface area is 175 Å². The minimum Gasteiger partial charge on any atom is -0.491 e. The van der Waals surface area contributed by atoms with Crippen LogP contribution in [0.15, 0.2) is 36.7 Å². The maximum atomic E-state index is 13.1. The topological polar surface area (TPSA) is 104 Å². The van der Waals surface area contributed by atoms with Gasteiger partial charge < -0.3 is 25.3 Å². The average molecular weight is 410 g/mol. The lowest BCUT2D eigenvalue weighted by Gasteiger charge is -2.30. The van der Waals surface area contributed by atoms with Gasteiger partial charge in [-0.05, 0) is 43.5 Å². The van der Waals surface area contributed by atoms with E-state index in [1.165, 1.54) is 0 Å². The lowest BCUT2D eigenvalue weighted by Crippen LogP contribution is -2.47. The fourth-order valence-electron chi connectivity index (χ4n) is 4.15. The molecule has 2 aliphatic rings. The molecule has 8 heteroatoms. The molecule has 1 aromatic heterocycles. The van der Waals surface area contributed by atoms with Crippen molar-refractivity contribution in [2.24, 2.45) is 0 Å². The molecule has 1 aromatic carbocycles. The Balaban J connectivity index is 1.60. The molecular weight excluding hydrogens is 384 g/mol. The van der Waals surface area contributed by atoms with Crippen molar-refractivity contribution < 1.29 is 19.1 Å². The zero-order valence-electron chi connectivity index (χ0n) is 16.9. The monoisotopic (exact) mass is 410 g/mol. The van der Waals surface area contributed by atoms with Crippen LogP contribution in [0.25, 0.3) is 0 Å². The summed E-state index contributed by atoms with van der Waals surface area (Å²) in [5.74, 6) is 0.176. The quantitative estimate of drug-likeness (QED) is 0.665. The summed E-state index contributed by atoms with van der Waals surface area (Å²) >= 11 is 0. The number of hydrogen-bond donors (Lipinski definition) is 3. The van der Waals surface area contributed by atoms with Gasteiger partial charge in [0.2, 0.25) is 5.91 Å². The average Bonchev–Trinajstić information content (AvgIpc) is 3.40. The van der Waals surface area contributed by atoms with E-state index in [-0.39, 0.29) is 36.2 Å². The van der Waals surface area contributed by atoms with Gasteiger partial charge in [0, 0.05) is 43.0 Å². The van der Waals surface area contributed by atoms with E-state index in [1.54, 1.807) is 35.5 Å². The van der Waals surface area contributed by atoms with Crippen LogP contribution in [0.1, 0.15) is 45.5 Å². The minimum absolute atomic E-state index is 0.111. The van der Waals surface area contributed by atoms with Crippen LogP contribution in [0.3, 0.4) is 0 Å². The van der Waals surface area contributed by atoms with Crippen molar-refractivity contribution in [3.8, 4) is 5.75 Å². The number of nitrogens with zero attached hydrogens (tertiary/aromatic N) is 1. The number of ether oxygens (including phenoxy) is 1. The van der Waals surface area contributed by atoms with E-state index in [9.17, 15) is 14.4 Å². The predicted octanol–water partition coefficient (Wildman–Crippen LogP) is 1.63. The number of aromatic nitrogens is 1. The number of carbonyl (C=O) groups excluding carboxylic acids is 3. The van der Waals surface area contributed by atoms with Crippen molar-refractivity contribution in [2.45, 2.75) is 38.3 Å². The molecule has 0 aliphatic carbocycles. The number of fused-ring (bicyclic) bond motifs is 4.